The molecule has 0 saturated heterocycles. The van der Waals surface area contributed by atoms with Gasteiger partial charge in [-0.05, 0) is 43.3 Å². The van der Waals surface area contributed by atoms with Crippen molar-refractivity contribution in [1.82, 2.24) is 14.8 Å². The van der Waals surface area contributed by atoms with Crippen molar-refractivity contribution in [1.29, 1.82) is 0 Å². The molecule has 1 aliphatic heterocycles. The molecule has 2 aromatic carbocycles. The first kappa shape index (κ1) is 20.0. The van der Waals surface area contributed by atoms with E-state index < -0.39 is 0 Å². The zero-order valence-corrected chi connectivity index (χ0v) is 19.2. The van der Waals surface area contributed by atoms with Gasteiger partial charge in [0.1, 0.15) is 18.0 Å². The molecule has 9 heteroatoms. The zero-order valence-electron chi connectivity index (χ0n) is 17.6. The molecule has 0 radical (unpaired) electrons. The number of fused-ring (bicyclic) bond motifs is 2. The van der Waals surface area contributed by atoms with Crippen molar-refractivity contribution >= 4 is 43.9 Å². The van der Waals surface area contributed by atoms with Gasteiger partial charge in [-0.3, -0.25) is 10.1 Å². The highest BCUT2D eigenvalue weighted by Gasteiger charge is 2.19. The third kappa shape index (κ3) is 3.65. The first-order valence-corrected chi connectivity index (χ1v) is 12.1. The lowest BCUT2D eigenvalue weighted by Crippen LogP contribution is -2.15. The van der Waals surface area contributed by atoms with E-state index in [0.29, 0.717) is 29.0 Å². The van der Waals surface area contributed by atoms with Crippen LogP contribution in [0.2, 0.25) is 0 Å². The van der Waals surface area contributed by atoms with Gasteiger partial charge in [0.15, 0.2) is 16.6 Å². The minimum atomic E-state index is -0.182. The van der Waals surface area contributed by atoms with Crippen molar-refractivity contribution in [3.8, 4) is 28.4 Å². The first-order chi connectivity index (χ1) is 16.2. The molecule has 1 aliphatic rings. The van der Waals surface area contributed by atoms with Crippen LogP contribution in [0.1, 0.15) is 15.4 Å². The summed E-state index contributed by atoms with van der Waals surface area (Å²) in [5.74, 6) is 1.27. The summed E-state index contributed by atoms with van der Waals surface area (Å²) in [6, 6.07) is 17.6. The number of amides is 1. The fourth-order valence-electron chi connectivity index (χ4n) is 3.73. The molecule has 0 aliphatic carbocycles. The van der Waals surface area contributed by atoms with Crippen LogP contribution in [0.4, 0.5) is 5.13 Å². The molecule has 6 rings (SSSR count). The Morgan fingerprint density at radius 2 is 1.88 bits per heavy atom. The van der Waals surface area contributed by atoms with Gasteiger partial charge in [-0.15, -0.1) is 22.7 Å². The molecule has 0 atom stereocenters. The predicted octanol–water partition coefficient (Wildman–Crippen LogP) is 5.54. The molecule has 4 heterocycles. The third-order valence-electron chi connectivity index (χ3n) is 5.33. The number of anilines is 1. The number of carbonyl (C=O) groups excluding carboxylic acids is 1. The third-order valence-corrected chi connectivity index (χ3v) is 7.20. The maximum Gasteiger partial charge on any atom is 0.267 e. The Labute approximate surface area is 197 Å². The molecule has 0 unspecified atom stereocenters. The van der Waals surface area contributed by atoms with E-state index in [1.54, 1.807) is 0 Å². The van der Waals surface area contributed by atoms with Crippen LogP contribution < -0.4 is 14.8 Å². The lowest BCUT2D eigenvalue weighted by Gasteiger charge is -2.18. The highest BCUT2D eigenvalue weighted by Crippen LogP contribution is 2.36. The number of nitrogens with one attached hydrogen (secondary N) is 1. The number of aromatic nitrogens is 3. The van der Waals surface area contributed by atoms with Crippen LogP contribution in [0.15, 0.2) is 60.0 Å². The summed E-state index contributed by atoms with van der Waals surface area (Å²) in [7, 11) is 0. The van der Waals surface area contributed by atoms with Gasteiger partial charge in [0, 0.05) is 16.3 Å². The van der Waals surface area contributed by atoms with Gasteiger partial charge in [-0.25, -0.2) is 9.67 Å². The highest BCUT2D eigenvalue weighted by molar-refractivity contribution is 7.20. The number of hydrogen-bond acceptors (Lipinski definition) is 7. The minimum Gasteiger partial charge on any atom is -0.486 e. The Morgan fingerprint density at radius 1 is 1.06 bits per heavy atom. The van der Waals surface area contributed by atoms with E-state index in [1.165, 1.54) is 22.7 Å². The fourth-order valence-corrected chi connectivity index (χ4v) is 5.52. The van der Waals surface area contributed by atoms with Crippen molar-refractivity contribution < 1.29 is 14.3 Å². The fraction of sp³-hybridized carbons (Fsp3) is 0.125. The van der Waals surface area contributed by atoms with Gasteiger partial charge in [0.2, 0.25) is 0 Å². The van der Waals surface area contributed by atoms with Gasteiger partial charge >= 0.3 is 0 Å². The summed E-state index contributed by atoms with van der Waals surface area (Å²) in [6.07, 6.45) is 0. The number of hydrogen-bond donors (Lipinski definition) is 1. The molecule has 0 fully saturated rings. The van der Waals surface area contributed by atoms with Crippen LogP contribution >= 0.6 is 22.7 Å². The van der Waals surface area contributed by atoms with Crippen LogP contribution in [-0.2, 0) is 0 Å². The van der Waals surface area contributed by atoms with Crippen LogP contribution in [0.3, 0.4) is 0 Å². The number of thiophene rings is 1. The Bertz CT molecular complexity index is 1490. The number of ether oxygens (including phenoxy) is 2. The molecule has 0 spiro atoms. The van der Waals surface area contributed by atoms with Crippen molar-refractivity contribution in [2.24, 2.45) is 0 Å². The molecule has 7 nitrogen and oxygen atoms in total. The standard InChI is InChI=1S/C24H18N4O3S2/c1-14-17-12-21(33-23(17)28(27-14)16-5-3-2-4-6-16)22(29)26-24-25-18(13-32-24)15-7-8-19-20(11-15)31-10-9-30-19/h2-8,11-13H,9-10H2,1H3,(H,25,26,29). The van der Waals surface area contributed by atoms with E-state index in [2.05, 4.69) is 15.4 Å². The van der Waals surface area contributed by atoms with Crippen molar-refractivity contribution in [2.45, 2.75) is 6.92 Å². The number of thiazole rings is 1. The summed E-state index contributed by atoms with van der Waals surface area (Å²) >= 11 is 2.81. The van der Waals surface area contributed by atoms with E-state index in [-0.39, 0.29) is 5.91 Å². The SMILES string of the molecule is Cc1nn(-c2ccccc2)c2sc(C(=O)Nc3nc(-c4ccc5c(c4)OCCO5)cs3)cc12. The summed E-state index contributed by atoms with van der Waals surface area (Å²) in [6.45, 7) is 3.04. The van der Waals surface area contributed by atoms with Crippen LogP contribution in [-0.4, -0.2) is 33.9 Å². The molecule has 1 N–H and O–H groups in total. The highest BCUT2D eigenvalue weighted by atomic mass is 32.1. The second-order valence-corrected chi connectivity index (χ2v) is 9.40. The van der Waals surface area contributed by atoms with E-state index >= 15 is 0 Å². The van der Waals surface area contributed by atoms with Crippen LogP contribution in [0, 0.1) is 6.92 Å². The monoisotopic (exact) mass is 474 g/mol. The van der Waals surface area contributed by atoms with Crippen molar-refractivity contribution in [3.63, 3.8) is 0 Å². The second-order valence-electron chi connectivity index (χ2n) is 7.51. The summed E-state index contributed by atoms with van der Waals surface area (Å²) in [5.41, 5.74) is 3.54. The topological polar surface area (TPSA) is 78.3 Å². The van der Waals surface area contributed by atoms with Gasteiger partial charge < -0.3 is 9.47 Å². The van der Waals surface area contributed by atoms with Crippen molar-refractivity contribution in [3.05, 3.63) is 70.5 Å². The Hall–Kier alpha value is -3.69. The largest absolute Gasteiger partial charge is 0.486 e. The minimum absolute atomic E-state index is 0.182. The maximum atomic E-state index is 13.0. The number of para-hydroxylation sites is 1. The number of rotatable bonds is 4. The Kier molecular flexibility index (Phi) is 4.85. The molecule has 33 heavy (non-hydrogen) atoms. The van der Waals surface area contributed by atoms with Gasteiger partial charge in [-0.2, -0.15) is 5.10 Å². The number of nitrogens with zero attached hydrogens (tertiary/aromatic N) is 3. The zero-order chi connectivity index (χ0) is 22.4. The molecule has 0 bridgehead atoms. The van der Waals surface area contributed by atoms with Gasteiger partial charge in [0.05, 0.1) is 22.0 Å². The average molecular weight is 475 g/mol. The van der Waals surface area contributed by atoms with E-state index in [9.17, 15) is 4.79 Å². The predicted molar refractivity (Wildman–Crippen MR) is 130 cm³/mol. The summed E-state index contributed by atoms with van der Waals surface area (Å²) in [5, 5.41) is 11.0. The number of benzene rings is 2. The molecule has 164 valence electrons. The molecule has 1 amide bonds. The van der Waals surface area contributed by atoms with Gasteiger partial charge in [0.25, 0.3) is 5.91 Å². The molecular formula is C24H18N4O3S2. The smallest absolute Gasteiger partial charge is 0.267 e. The number of carbonyl (C=O) groups is 1. The quantitative estimate of drug-likeness (QED) is 0.370. The number of aryl methyl sites for hydroxylation is 1. The van der Waals surface area contributed by atoms with Crippen LogP contribution in [0.5, 0.6) is 11.5 Å². The lowest BCUT2D eigenvalue weighted by atomic mass is 10.1. The summed E-state index contributed by atoms with van der Waals surface area (Å²) < 4.78 is 13.1. The Morgan fingerprint density at radius 3 is 2.73 bits per heavy atom. The van der Waals surface area contributed by atoms with E-state index in [4.69, 9.17) is 9.47 Å². The average Bonchev–Trinajstić information content (AvgIpc) is 3.56. The lowest BCUT2D eigenvalue weighted by molar-refractivity contribution is 0.103. The van der Waals surface area contributed by atoms with Crippen molar-refractivity contribution in [2.75, 3.05) is 18.5 Å². The van der Waals surface area contributed by atoms with Gasteiger partial charge in [-0.1, -0.05) is 18.2 Å². The van der Waals surface area contributed by atoms with E-state index in [1.807, 2.05) is 71.6 Å². The second kappa shape index (κ2) is 8.02. The molecule has 5 aromatic rings. The maximum absolute atomic E-state index is 13.0. The molecule has 0 saturated carbocycles. The first-order valence-electron chi connectivity index (χ1n) is 10.4. The molecule has 3 aromatic heterocycles. The normalized spacial score (nSPS) is 12.8. The van der Waals surface area contributed by atoms with Crippen LogP contribution in [0.25, 0.3) is 27.2 Å². The van der Waals surface area contributed by atoms with E-state index in [0.717, 1.165) is 38.6 Å². The summed E-state index contributed by atoms with van der Waals surface area (Å²) in [4.78, 5) is 19.1. The molecular weight excluding hydrogens is 456 g/mol. The Balaban J connectivity index is 1.25.